The molecule has 52 valence electrons. The minimum Gasteiger partial charge on any atom is -0.351 e. The molecule has 0 spiro atoms. The quantitative estimate of drug-likeness (QED) is 0.477. The molecule has 0 aromatic carbocycles. The molecule has 1 aliphatic carbocycles. The van der Waals surface area contributed by atoms with Gasteiger partial charge in [-0.05, 0) is 17.2 Å². The van der Waals surface area contributed by atoms with E-state index in [1.807, 2.05) is 0 Å². The fraction of sp³-hybridized carbons (Fsp3) is 0.333. The van der Waals surface area contributed by atoms with Crippen molar-refractivity contribution in [2.45, 2.75) is 6.92 Å². The Bertz CT molecular complexity index is 357. The van der Waals surface area contributed by atoms with E-state index < -0.39 is 0 Å². The average molecular weight is 133 g/mol. The summed E-state index contributed by atoms with van der Waals surface area (Å²) in [6.07, 6.45) is 6.67. The van der Waals surface area contributed by atoms with Crippen LogP contribution in [0.25, 0.3) is 12.2 Å². The van der Waals surface area contributed by atoms with Crippen LogP contribution in [0, 0.1) is 5.92 Å². The minimum atomic E-state index is 0.623. The Labute approximate surface area is 60.3 Å². The Morgan fingerprint density at radius 2 is 2.20 bits per heavy atom. The number of aromatic nitrogens is 1. The average Bonchev–Trinajstić information content (AvgIpc) is 2.35. The zero-order chi connectivity index (χ0) is 7.14. The smallest absolute Gasteiger partial charge is 0.0439 e. The number of fused-ring (bicyclic) bond motifs is 1. The molecule has 0 bridgehead atoms. The normalized spacial score (nSPS) is 21.6. The summed E-state index contributed by atoms with van der Waals surface area (Å²) in [4.78, 5) is 0. The van der Waals surface area contributed by atoms with Crippen LogP contribution in [0.2, 0.25) is 0 Å². The molecule has 0 saturated heterocycles. The molecule has 1 aliphatic rings. The molecule has 0 aliphatic heterocycles. The van der Waals surface area contributed by atoms with Crippen LogP contribution >= 0.6 is 0 Å². The zero-order valence-electron chi connectivity index (χ0n) is 6.33. The Morgan fingerprint density at radius 1 is 1.40 bits per heavy atom. The van der Waals surface area contributed by atoms with E-state index in [-0.39, 0.29) is 0 Å². The van der Waals surface area contributed by atoms with Gasteiger partial charge >= 0.3 is 0 Å². The van der Waals surface area contributed by atoms with Crippen LogP contribution in [0.5, 0.6) is 0 Å². The van der Waals surface area contributed by atoms with Crippen molar-refractivity contribution in [2.75, 3.05) is 0 Å². The maximum atomic E-state index is 2.29. The highest BCUT2D eigenvalue weighted by Crippen LogP contribution is 2.00. The van der Waals surface area contributed by atoms with Crippen LogP contribution in [0.4, 0.5) is 0 Å². The van der Waals surface area contributed by atoms with Crippen molar-refractivity contribution in [1.82, 2.24) is 4.57 Å². The van der Waals surface area contributed by atoms with Crippen LogP contribution in [-0.4, -0.2) is 4.57 Å². The third kappa shape index (κ3) is 0.635. The second kappa shape index (κ2) is 1.75. The topological polar surface area (TPSA) is 4.93 Å². The molecule has 0 saturated carbocycles. The molecule has 1 aromatic rings. The highest BCUT2D eigenvalue weighted by atomic mass is 14.9. The first-order valence-corrected chi connectivity index (χ1v) is 3.62. The lowest BCUT2D eigenvalue weighted by Gasteiger charge is -1.90. The van der Waals surface area contributed by atoms with Gasteiger partial charge in [0.25, 0.3) is 0 Å². The lowest BCUT2D eigenvalue weighted by atomic mass is 10.2. The van der Waals surface area contributed by atoms with E-state index in [1.54, 1.807) is 0 Å². The standard InChI is InChI=1S/C9H11N/c1-7-5-8-3-4-10(2)9(8)6-7/h3-7H,1-2H3. The van der Waals surface area contributed by atoms with Crippen LogP contribution in [0.1, 0.15) is 6.92 Å². The van der Waals surface area contributed by atoms with E-state index in [0.717, 1.165) is 0 Å². The molecule has 0 fully saturated rings. The highest BCUT2D eigenvalue weighted by molar-refractivity contribution is 5.48. The second-order valence-corrected chi connectivity index (χ2v) is 2.96. The predicted octanol–water partition coefficient (Wildman–Crippen LogP) is 0.236. The number of hydrogen-bond acceptors (Lipinski definition) is 0. The number of aryl methyl sites for hydroxylation is 1. The van der Waals surface area contributed by atoms with E-state index in [0.29, 0.717) is 5.92 Å². The Balaban J connectivity index is 2.85. The first kappa shape index (κ1) is 5.78. The predicted molar refractivity (Wildman–Crippen MR) is 42.8 cm³/mol. The summed E-state index contributed by atoms with van der Waals surface area (Å²) < 4.78 is 2.16. The van der Waals surface area contributed by atoms with Gasteiger partial charge in [0.1, 0.15) is 0 Å². The Kier molecular flexibility index (Phi) is 1.01. The number of nitrogens with zero attached hydrogens (tertiary/aromatic N) is 1. The summed E-state index contributed by atoms with van der Waals surface area (Å²) in [6.45, 7) is 2.21. The van der Waals surface area contributed by atoms with Gasteiger partial charge in [0.05, 0.1) is 0 Å². The van der Waals surface area contributed by atoms with Crippen molar-refractivity contribution < 1.29 is 0 Å². The third-order valence-electron chi connectivity index (χ3n) is 2.02. The van der Waals surface area contributed by atoms with Gasteiger partial charge in [-0.3, -0.25) is 0 Å². The molecule has 0 radical (unpaired) electrons. The van der Waals surface area contributed by atoms with E-state index in [4.69, 9.17) is 0 Å². The SMILES string of the molecule is CC1C=c2ccn(C)c2=C1. The molecule has 0 amide bonds. The molecule has 2 rings (SSSR count). The van der Waals surface area contributed by atoms with Crippen molar-refractivity contribution >= 4 is 12.2 Å². The molecule has 10 heavy (non-hydrogen) atoms. The van der Waals surface area contributed by atoms with Crippen molar-refractivity contribution in [2.24, 2.45) is 13.0 Å². The number of rotatable bonds is 0. The van der Waals surface area contributed by atoms with Gasteiger partial charge in [0.15, 0.2) is 0 Å². The van der Waals surface area contributed by atoms with Crippen molar-refractivity contribution in [3.05, 3.63) is 22.8 Å². The fourth-order valence-corrected chi connectivity index (χ4v) is 1.50. The first-order valence-electron chi connectivity index (χ1n) is 3.62. The molecular weight excluding hydrogens is 122 g/mol. The molecule has 0 N–H and O–H groups in total. The van der Waals surface area contributed by atoms with Crippen LogP contribution in [-0.2, 0) is 7.05 Å². The summed E-state index contributed by atoms with van der Waals surface area (Å²) in [7, 11) is 2.08. The molecular formula is C9H11N. The highest BCUT2D eigenvalue weighted by Gasteiger charge is 2.02. The lowest BCUT2D eigenvalue weighted by Crippen LogP contribution is -2.23. The number of hydrogen-bond donors (Lipinski definition) is 0. The summed E-state index contributed by atoms with van der Waals surface area (Å²) in [6, 6.07) is 2.16. The second-order valence-electron chi connectivity index (χ2n) is 2.96. The van der Waals surface area contributed by atoms with Crippen LogP contribution < -0.4 is 10.6 Å². The summed E-state index contributed by atoms with van der Waals surface area (Å²) >= 11 is 0. The lowest BCUT2D eigenvalue weighted by molar-refractivity contribution is 0.885. The van der Waals surface area contributed by atoms with Gasteiger partial charge in [-0.15, -0.1) is 0 Å². The molecule has 1 aromatic heterocycles. The maximum absolute atomic E-state index is 2.29. The maximum Gasteiger partial charge on any atom is 0.0439 e. The van der Waals surface area contributed by atoms with E-state index >= 15 is 0 Å². The zero-order valence-corrected chi connectivity index (χ0v) is 6.33. The fourth-order valence-electron chi connectivity index (χ4n) is 1.50. The minimum absolute atomic E-state index is 0.623. The molecule has 1 nitrogen and oxygen atoms in total. The van der Waals surface area contributed by atoms with Crippen molar-refractivity contribution in [3.63, 3.8) is 0 Å². The van der Waals surface area contributed by atoms with E-state index in [2.05, 4.69) is 43.0 Å². The van der Waals surface area contributed by atoms with Gasteiger partial charge in [0.2, 0.25) is 0 Å². The van der Waals surface area contributed by atoms with E-state index in [1.165, 1.54) is 10.6 Å². The van der Waals surface area contributed by atoms with Gasteiger partial charge in [0, 0.05) is 18.6 Å². The van der Waals surface area contributed by atoms with Crippen molar-refractivity contribution in [1.29, 1.82) is 0 Å². The Hall–Kier alpha value is -0.980. The summed E-state index contributed by atoms with van der Waals surface area (Å²) in [5.41, 5.74) is 0. The van der Waals surface area contributed by atoms with E-state index in [9.17, 15) is 0 Å². The van der Waals surface area contributed by atoms with Gasteiger partial charge in [-0.1, -0.05) is 19.1 Å². The van der Waals surface area contributed by atoms with Gasteiger partial charge in [-0.2, -0.15) is 0 Å². The van der Waals surface area contributed by atoms with Crippen LogP contribution in [0.3, 0.4) is 0 Å². The summed E-state index contributed by atoms with van der Waals surface area (Å²) in [5, 5.41) is 2.75. The van der Waals surface area contributed by atoms with Gasteiger partial charge in [-0.25, -0.2) is 0 Å². The molecule has 1 unspecified atom stereocenters. The molecule has 1 heteroatoms. The van der Waals surface area contributed by atoms with Gasteiger partial charge < -0.3 is 4.57 Å². The summed E-state index contributed by atoms with van der Waals surface area (Å²) in [5.74, 6) is 0.623. The Morgan fingerprint density at radius 3 is 2.90 bits per heavy atom. The third-order valence-corrected chi connectivity index (χ3v) is 2.02. The molecule has 1 atom stereocenters. The molecule has 1 heterocycles. The van der Waals surface area contributed by atoms with Crippen molar-refractivity contribution in [3.8, 4) is 0 Å². The monoisotopic (exact) mass is 133 g/mol. The largest absolute Gasteiger partial charge is 0.351 e. The first-order chi connectivity index (χ1) is 4.77. The van der Waals surface area contributed by atoms with Crippen LogP contribution in [0.15, 0.2) is 12.3 Å².